The van der Waals surface area contributed by atoms with Crippen LogP contribution in [-0.2, 0) is 29.8 Å². The number of hydroxylamine groups is 2. The summed E-state index contributed by atoms with van der Waals surface area (Å²) >= 11 is 0. The molecule has 0 radical (unpaired) electrons. The van der Waals surface area contributed by atoms with Crippen LogP contribution in [0.2, 0.25) is 0 Å². The Hall–Kier alpha value is -3.59. The SMILES string of the molecule is CN1OC2(CCCCc3ccccc3COc3ccc(-c4cc(F)cc(C(F)(F)F)c4)cc32)N=C1N. The van der Waals surface area contributed by atoms with E-state index in [1.807, 2.05) is 18.2 Å². The van der Waals surface area contributed by atoms with E-state index in [1.54, 1.807) is 25.2 Å². The van der Waals surface area contributed by atoms with Crippen molar-refractivity contribution in [3.8, 4) is 16.9 Å². The number of aliphatic imine (C=N–C) groups is 1. The average molecular weight is 500 g/mol. The summed E-state index contributed by atoms with van der Waals surface area (Å²) in [4.78, 5) is 10.8. The molecular weight excluding hydrogens is 474 g/mol. The lowest BCUT2D eigenvalue weighted by molar-refractivity contribution is -0.177. The van der Waals surface area contributed by atoms with Crippen molar-refractivity contribution in [2.45, 2.75) is 44.2 Å². The van der Waals surface area contributed by atoms with Crippen molar-refractivity contribution in [2.75, 3.05) is 7.05 Å². The summed E-state index contributed by atoms with van der Waals surface area (Å²) in [7, 11) is 1.64. The summed E-state index contributed by atoms with van der Waals surface area (Å²) in [5.41, 5.74) is 7.02. The highest BCUT2D eigenvalue weighted by molar-refractivity contribution is 5.79. The number of ether oxygens (including phenoxy) is 1. The zero-order valence-corrected chi connectivity index (χ0v) is 19.6. The van der Waals surface area contributed by atoms with Crippen LogP contribution in [0.15, 0.2) is 65.7 Å². The summed E-state index contributed by atoms with van der Waals surface area (Å²) in [6, 6.07) is 15.5. The third-order valence-electron chi connectivity index (χ3n) is 6.58. The molecule has 2 N–H and O–H groups in total. The van der Waals surface area contributed by atoms with Crippen molar-refractivity contribution in [3.05, 3.63) is 88.7 Å². The van der Waals surface area contributed by atoms with E-state index in [4.69, 9.17) is 15.3 Å². The van der Waals surface area contributed by atoms with Gasteiger partial charge in [-0.25, -0.2) is 19.3 Å². The van der Waals surface area contributed by atoms with E-state index < -0.39 is 23.3 Å². The smallest absolute Gasteiger partial charge is 0.416 e. The fourth-order valence-electron chi connectivity index (χ4n) is 4.73. The van der Waals surface area contributed by atoms with Gasteiger partial charge in [0.05, 0.1) is 11.1 Å². The third-order valence-corrected chi connectivity index (χ3v) is 6.58. The van der Waals surface area contributed by atoms with E-state index in [9.17, 15) is 17.6 Å². The zero-order valence-electron chi connectivity index (χ0n) is 19.6. The summed E-state index contributed by atoms with van der Waals surface area (Å²) in [6.07, 6.45) is -1.73. The number of alkyl halides is 3. The van der Waals surface area contributed by atoms with Crippen molar-refractivity contribution in [1.29, 1.82) is 0 Å². The van der Waals surface area contributed by atoms with Gasteiger partial charge in [-0.1, -0.05) is 30.3 Å². The van der Waals surface area contributed by atoms with Crippen LogP contribution in [0.1, 0.15) is 41.5 Å². The number of hydrogen-bond acceptors (Lipinski definition) is 5. The van der Waals surface area contributed by atoms with Crippen LogP contribution in [0.25, 0.3) is 11.1 Å². The van der Waals surface area contributed by atoms with Gasteiger partial charge in [-0.2, -0.15) is 13.2 Å². The molecule has 0 bridgehead atoms. The maximum absolute atomic E-state index is 14.2. The number of aryl methyl sites for hydroxylation is 1. The molecule has 188 valence electrons. The van der Waals surface area contributed by atoms with Gasteiger partial charge in [0.1, 0.15) is 18.2 Å². The first-order chi connectivity index (χ1) is 17.1. The minimum absolute atomic E-state index is 0.0863. The molecule has 3 aromatic carbocycles. The Morgan fingerprint density at radius 2 is 1.75 bits per heavy atom. The number of benzene rings is 3. The highest BCUT2D eigenvalue weighted by Gasteiger charge is 2.43. The van der Waals surface area contributed by atoms with Gasteiger partial charge >= 0.3 is 6.18 Å². The molecule has 2 aliphatic rings. The van der Waals surface area contributed by atoms with Crippen LogP contribution in [-0.4, -0.2) is 18.1 Å². The van der Waals surface area contributed by atoms with Gasteiger partial charge in [0, 0.05) is 13.5 Å². The van der Waals surface area contributed by atoms with Crippen molar-refractivity contribution in [3.63, 3.8) is 0 Å². The van der Waals surface area contributed by atoms with E-state index in [1.165, 1.54) is 10.6 Å². The molecule has 0 aromatic heterocycles. The maximum Gasteiger partial charge on any atom is 0.416 e. The van der Waals surface area contributed by atoms with Crippen LogP contribution >= 0.6 is 0 Å². The zero-order chi connectivity index (χ0) is 25.5. The van der Waals surface area contributed by atoms with E-state index in [0.29, 0.717) is 36.0 Å². The summed E-state index contributed by atoms with van der Waals surface area (Å²) in [5, 5.41) is 1.37. The molecule has 1 unspecified atom stereocenters. The molecule has 3 aromatic rings. The molecule has 2 heterocycles. The largest absolute Gasteiger partial charge is 0.488 e. The van der Waals surface area contributed by atoms with Crippen molar-refractivity contribution < 1.29 is 27.1 Å². The molecule has 5 rings (SSSR count). The molecule has 0 amide bonds. The molecule has 1 atom stereocenters. The van der Waals surface area contributed by atoms with Crippen molar-refractivity contribution in [2.24, 2.45) is 10.7 Å². The first-order valence-corrected chi connectivity index (χ1v) is 11.7. The first-order valence-electron chi connectivity index (χ1n) is 11.7. The normalized spacial score (nSPS) is 20.2. The standard InChI is InChI=1S/C27H25F4N3O2/c1-34-25(32)33-26(36-34)11-5-4-7-17-6-2-3-8-19(17)16-35-24-10-9-18(14-23(24)26)20-12-21(27(29,30)31)15-22(28)13-20/h2-3,6,8-10,12-15H,4-5,7,11,16H2,1H3,(H2,32,33). The summed E-state index contributed by atoms with van der Waals surface area (Å²) in [6.45, 7) is 0.297. The molecule has 5 nitrogen and oxygen atoms in total. The molecule has 36 heavy (non-hydrogen) atoms. The maximum atomic E-state index is 14.2. The average Bonchev–Trinajstić information content (AvgIpc) is 3.12. The fourth-order valence-corrected chi connectivity index (χ4v) is 4.73. The van der Waals surface area contributed by atoms with E-state index in [-0.39, 0.29) is 11.5 Å². The predicted octanol–water partition coefficient (Wildman–Crippen LogP) is 6.16. The van der Waals surface area contributed by atoms with Crippen LogP contribution in [0.4, 0.5) is 17.6 Å². The molecule has 9 heteroatoms. The first kappa shape index (κ1) is 24.1. The van der Waals surface area contributed by atoms with E-state index >= 15 is 0 Å². The second kappa shape index (κ2) is 9.13. The molecule has 0 saturated carbocycles. The molecule has 1 spiro atoms. The number of hydrogen-bond donors (Lipinski definition) is 1. The lowest BCUT2D eigenvalue weighted by Crippen LogP contribution is -2.32. The minimum atomic E-state index is -4.68. The third kappa shape index (κ3) is 4.63. The van der Waals surface area contributed by atoms with Crippen LogP contribution in [0.5, 0.6) is 5.75 Å². The van der Waals surface area contributed by atoms with E-state index in [2.05, 4.69) is 11.1 Å². The second-order valence-electron chi connectivity index (χ2n) is 9.04. The Bertz CT molecular complexity index is 1320. The number of rotatable bonds is 1. The van der Waals surface area contributed by atoms with Gasteiger partial charge in [-0.05, 0) is 71.8 Å². The number of fused-ring (bicyclic) bond motifs is 3. The Morgan fingerprint density at radius 1 is 0.972 bits per heavy atom. The Morgan fingerprint density at radius 3 is 2.47 bits per heavy atom. The molecule has 0 aliphatic carbocycles. The fraction of sp³-hybridized carbons (Fsp3) is 0.296. The van der Waals surface area contributed by atoms with Crippen molar-refractivity contribution in [1.82, 2.24) is 5.06 Å². The number of guanidine groups is 1. The Labute approximate surface area is 206 Å². The van der Waals surface area contributed by atoms with Crippen LogP contribution in [0.3, 0.4) is 0 Å². The lowest BCUT2D eigenvalue weighted by atomic mass is 9.91. The van der Waals surface area contributed by atoms with Gasteiger partial charge < -0.3 is 10.5 Å². The van der Waals surface area contributed by atoms with Gasteiger partial charge in [0.25, 0.3) is 0 Å². The number of nitrogens with zero attached hydrogens (tertiary/aromatic N) is 2. The van der Waals surface area contributed by atoms with Gasteiger partial charge in [-0.15, -0.1) is 0 Å². The topological polar surface area (TPSA) is 60.1 Å². The Balaban J connectivity index is 1.64. The molecule has 0 saturated heterocycles. The highest BCUT2D eigenvalue weighted by atomic mass is 19.4. The van der Waals surface area contributed by atoms with Crippen LogP contribution < -0.4 is 10.5 Å². The number of halogens is 4. The molecule has 0 fully saturated rings. The molecule has 2 aliphatic heterocycles. The Kier molecular flexibility index (Phi) is 6.12. The summed E-state index contributed by atoms with van der Waals surface area (Å²) in [5.74, 6) is -0.331. The predicted molar refractivity (Wildman–Crippen MR) is 127 cm³/mol. The van der Waals surface area contributed by atoms with Crippen molar-refractivity contribution >= 4 is 5.96 Å². The monoisotopic (exact) mass is 499 g/mol. The lowest BCUT2D eigenvalue weighted by Gasteiger charge is -2.28. The highest BCUT2D eigenvalue weighted by Crippen LogP contribution is 2.45. The quantitative estimate of drug-likeness (QED) is 0.408. The van der Waals surface area contributed by atoms with Crippen LogP contribution in [0, 0.1) is 5.82 Å². The number of nitrogens with two attached hydrogens (primary N) is 1. The minimum Gasteiger partial charge on any atom is -0.488 e. The van der Waals surface area contributed by atoms with E-state index in [0.717, 1.165) is 37.0 Å². The second-order valence-corrected chi connectivity index (χ2v) is 9.04. The van der Waals surface area contributed by atoms with Gasteiger partial charge in [0.15, 0.2) is 0 Å². The summed E-state index contributed by atoms with van der Waals surface area (Å²) < 4.78 is 60.5. The van der Waals surface area contributed by atoms with Gasteiger partial charge in [0.2, 0.25) is 11.7 Å². The van der Waals surface area contributed by atoms with Gasteiger partial charge in [-0.3, -0.25) is 0 Å². The molecular formula is C27H25F4N3O2.